The molecule has 0 heterocycles. The van der Waals surface area contributed by atoms with E-state index in [1.165, 1.54) is 31.1 Å². The van der Waals surface area contributed by atoms with Crippen LogP contribution in [0, 0.1) is 29.1 Å². The average molecular weight is 234 g/mol. The first kappa shape index (κ1) is 12.9. The van der Waals surface area contributed by atoms with Gasteiger partial charge in [0.15, 0.2) is 0 Å². The number of hydrogen-bond acceptors (Lipinski definition) is 1. The van der Waals surface area contributed by atoms with Gasteiger partial charge in [0.2, 0.25) is 0 Å². The van der Waals surface area contributed by atoms with E-state index >= 15 is 0 Å². The van der Waals surface area contributed by atoms with Crippen molar-refractivity contribution in [3.63, 3.8) is 0 Å². The maximum Gasteiger partial charge on any atom is 0.126 e. The lowest BCUT2D eigenvalue weighted by Gasteiger charge is -2.49. The summed E-state index contributed by atoms with van der Waals surface area (Å²) in [6.07, 6.45) is 8.45. The lowest BCUT2D eigenvalue weighted by atomic mass is 9.54. The molecule has 0 aromatic rings. The smallest absolute Gasteiger partial charge is 0.126 e. The van der Waals surface area contributed by atoms with E-state index in [1.807, 2.05) is 0 Å². The lowest BCUT2D eigenvalue weighted by molar-refractivity contribution is -0.123. The minimum Gasteiger partial charge on any atom is -0.303 e. The first-order chi connectivity index (χ1) is 7.98. The molecule has 0 aromatic heterocycles. The van der Waals surface area contributed by atoms with Gasteiger partial charge in [-0.05, 0) is 56.3 Å². The Morgan fingerprint density at radius 2 is 2.12 bits per heavy atom. The Labute approximate surface area is 106 Å². The molecule has 1 heteroatoms. The largest absolute Gasteiger partial charge is 0.303 e. The van der Waals surface area contributed by atoms with Crippen molar-refractivity contribution in [3.8, 4) is 0 Å². The highest BCUT2D eigenvalue weighted by Gasteiger charge is 2.46. The number of carbonyl (C=O) groups excluding carboxylic acids is 1. The molecule has 0 aliphatic heterocycles. The fraction of sp³-hybridized carbons (Fsp3) is 0.812. The number of hydrogen-bond donors (Lipinski definition) is 0. The van der Waals surface area contributed by atoms with Gasteiger partial charge in [-0.1, -0.05) is 32.4 Å². The normalized spacial score (nSPS) is 41.9. The van der Waals surface area contributed by atoms with Gasteiger partial charge in [-0.15, -0.1) is 0 Å². The maximum atomic E-state index is 11.5. The second-order valence-corrected chi connectivity index (χ2v) is 6.81. The van der Waals surface area contributed by atoms with Crippen LogP contribution in [0.5, 0.6) is 0 Å². The Bertz CT molecular complexity index is 328. The predicted octanol–water partition coefficient (Wildman–Crippen LogP) is 4.23. The van der Waals surface area contributed by atoms with Gasteiger partial charge in [-0.2, -0.15) is 0 Å². The highest BCUT2D eigenvalue weighted by atomic mass is 16.1. The number of fused-ring (bicyclic) bond motifs is 1. The Morgan fingerprint density at radius 3 is 2.71 bits per heavy atom. The average Bonchev–Trinajstić information content (AvgIpc) is 2.28. The molecular weight excluding hydrogens is 208 g/mol. The fourth-order valence-electron chi connectivity index (χ4n) is 4.07. The van der Waals surface area contributed by atoms with Crippen LogP contribution < -0.4 is 0 Å². The Balaban J connectivity index is 2.32. The van der Waals surface area contributed by atoms with Crippen molar-refractivity contribution in [3.05, 3.63) is 11.6 Å². The van der Waals surface area contributed by atoms with Crippen molar-refractivity contribution in [2.75, 3.05) is 0 Å². The summed E-state index contributed by atoms with van der Waals surface area (Å²) in [6.45, 7) is 9.11. The highest BCUT2D eigenvalue weighted by molar-refractivity contribution is 5.60. The van der Waals surface area contributed by atoms with Crippen molar-refractivity contribution in [1.29, 1.82) is 0 Å². The van der Waals surface area contributed by atoms with E-state index in [0.717, 1.165) is 18.3 Å². The van der Waals surface area contributed by atoms with Gasteiger partial charge in [-0.25, -0.2) is 0 Å². The standard InChI is InChI=1S/C16H26O/c1-11(2)13-7-8-16(4,10-17)15-6-5-12(3)9-14(13)15/h9-11,13-15H,5-8H2,1-4H3/t13-,14-,15+,16+/m1/s1. The van der Waals surface area contributed by atoms with Gasteiger partial charge in [0.1, 0.15) is 6.29 Å². The molecule has 2 aliphatic carbocycles. The van der Waals surface area contributed by atoms with E-state index in [4.69, 9.17) is 0 Å². The fourth-order valence-corrected chi connectivity index (χ4v) is 4.07. The molecule has 0 radical (unpaired) electrons. The summed E-state index contributed by atoms with van der Waals surface area (Å²) < 4.78 is 0. The zero-order valence-electron chi connectivity index (χ0n) is 11.7. The number of rotatable bonds is 2. The van der Waals surface area contributed by atoms with Crippen molar-refractivity contribution in [1.82, 2.24) is 0 Å². The third-order valence-corrected chi connectivity index (χ3v) is 5.27. The molecule has 2 rings (SSSR count). The second kappa shape index (κ2) is 4.59. The van der Waals surface area contributed by atoms with E-state index in [0.29, 0.717) is 11.8 Å². The van der Waals surface area contributed by atoms with Gasteiger partial charge < -0.3 is 4.79 Å². The molecule has 0 spiro atoms. The summed E-state index contributed by atoms with van der Waals surface area (Å²) in [4.78, 5) is 11.5. The van der Waals surface area contributed by atoms with Crippen LogP contribution in [0.1, 0.15) is 53.4 Å². The number of aldehydes is 1. The molecule has 0 aromatic carbocycles. The maximum absolute atomic E-state index is 11.5. The van der Waals surface area contributed by atoms with Gasteiger partial charge in [-0.3, -0.25) is 0 Å². The third kappa shape index (κ3) is 2.21. The number of carbonyl (C=O) groups is 1. The van der Waals surface area contributed by atoms with Crippen molar-refractivity contribution < 1.29 is 4.79 Å². The van der Waals surface area contributed by atoms with Crippen molar-refractivity contribution in [2.24, 2.45) is 29.1 Å². The molecule has 0 bridgehead atoms. The Kier molecular flexibility index (Phi) is 3.47. The molecule has 0 amide bonds. The second-order valence-electron chi connectivity index (χ2n) is 6.81. The van der Waals surface area contributed by atoms with E-state index in [-0.39, 0.29) is 5.41 Å². The van der Waals surface area contributed by atoms with E-state index in [2.05, 4.69) is 33.8 Å². The van der Waals surface area contributed by atoms with Crippen LogP contribution in [0.2, 0.25) is 0 Å². The summed E-state index contributed by atoms with van der Waals surface area (Å²) >= 11 is 0. The van der Waals surface area contributed by atoms with Gasteiger partial charge >= 0.3 is 0 Å². The molecule has 0 saturated heterocycles. The Hall–Kier alpha value is -0.590. The van der Waals surface area contributed by atoms with Crippen LogP contribution in [0.3, 0.4) is 0 Å². The minimum absolute atomic E-state index is 0.0622. The van der Waals surface area contributed by atoms with E-state index in [1.54, 1.807) is 0 Å². The summed E-state index contributed by atoms with van der Waals surface area (Å²) in [5.74, 6) is 2.75. The Morgan fingerprint density at radius 1 is 1.41 bits per heavy atom. The molecule has 1 fully saturated rings. The molecule has 96 valence electrons. The van der Waals surface area contributed by atoms with Gasteiger partial charge in [0, 0.05) is 5.41 Å². The summed E-state index contributed by atoms with van der Waals surface area (Å²) in [5, 5.41) is 0. The zero-order chi connectivity index (χ0) is 12.6. The molecule has 1 saturated carbocycles. The van der Waals surface area contributed by atoms with Gasteiger partial charge in [0.05, 0.1) is 0 Å². The number of allylic oxidation sites excluding steroid dienone is 2. The van der Waals surface area contributed by atoms with Crippen molar-refractivity contribution in [2.45, 2.75) is 53.4 Å². The van der Waals surface area contributed by atoms with Gasteiger partial charge in [0.25, 0.3) is 0 Å². The SMILES string of the molecule is CC1=C[C@@H]2[C@@H](C(C)C)CC[C@@](C)(C=O)[C@H]2CC1. The first-order valence-electron chi connectivity index (χ1n) is 7.11. The van der Waals surface area contributed by atoms with Crippen LogP contribution in [0.25, 0.3) is 0 Å². The third-order valence-electron chi connectivity index (χ3n) is 5.27. The molecule has 2 aliphatic rings. The lowest BCUT2D eigenvalue weighted by Crippen LogP contribution is -2.44. The van der Waals surface area contributed by atoms with E-state index in [9.17, 15) is 4.79 Å². The first-order valence-corrected chi connectivity index (χ1v) is 7.11. The molecule has 1 nitrogen and oxygen atoms in total. The van der Waals surface area contributed by atoms with Crippen LogP contribution in [-0.4, -0.2) is 6.29 Å². The molecule has 17 heavy (non-hydrogen) atoms. The molecule has 4 atom stereocenters. The quantitative estimate of drug-likeness (QED) is 0.516. The van der Waals surface area contributed by atoms with Crippen LogP contribution >= 0.6 is 0 Å². The van der Waals surface area contributed by atoms with Crippen LogP contribution in [-0.2, 0) is 4.79 Å². The summed E-state index contributed by atoms with van der Waals surface area (Å²) in [6, 6.07) is 0. The van der Waals surface area contributed by atoms with E-state index < -0.39 is 0 Å². The highest BCUT2D eigenvalue weighted by Crippen LogP contribution is 2.52. The van der Waals surface area contributed by atoms with Crippen LogP contribution in [0.15, 0.2) is 11.6 Å². The minimum atomic E-state index is -0.0622. The van der Waals surface area contributed by atoms with Crippen molar-refractivity contribution >= 4 is 6.29 Å². The zero-order valence-corrected chi connectivity index (χ0v) is 11.7. The summed E-state index contributed by atoms with van der Waals surface area (Å²) in [5.41, 5.74) is 1.47. The molecule has 0 N–H and O–H groups in total. The topological polar surface area (TPSA) is 17.1 Å². The monoisotopic (exact) mass is 234 g/mol. The molecular formula is C16H26O. The molecule has 0 unspecified atom stereocenters. The predicted molar refractivity (Wildman–Crippen MR) is 71.7 cm³/mol. The summed E-state index contributed by atoms with van der Waals surface area (Å²) in [7, 11) is 0. The van der Waals surface area contributed by atoms with Crippen LogP contribution in [0.4, 0.5) is 0 Å².